The molecular formula is C67H117NO13. The second-order valence-electron chi connectivity index (χ2n) is 22.5. The number of carbonyl (C=O) groups is 1. The number of aliphatic hydroxyl groups is 8. The first-order valence-corrected chi connectivity index (χ1v) is 32.3. The summed E-state index contributed by atoms with van der Waals surface area (Å²) < 4.78 is 22.8. The fourth-order valence-corrected chi connectivity index (χ4v) is 10.1. The predicted molar refractivity (Wildman–Crippen MR) is 327 cm³/mol. The van der Waals surface area contributed by atoms with Crippen molar-refractivity contribution in [3.05, 3.63) is 85.1 Å². The summed E-state index contributed by atoms with van der Waals surface area (Å²) in [6.07, 6.45) is 53.5. The van der Waals surface area contributed by atoms with Crippen molar-refractivity contribution in [2.45, 2.75) is 312 Å². The van der Waals surface area contributed by atoms with E-state index in [9.17, 15) is 45.6 Å². The van der Waals surface area contributed by atoms with Crippen molar-refractivity contribution in [2.75, 3.05) is 19.8 Å². The molecule has 2 fully saturated rings. The molecular weight excluding hydrogens is 1030 g/mol. The lowest BCUT2D eigenvalue weighted by Gasteiger charge is -2.46. The van der Waals surface area contributed by atoms with E-state index in [-0.39, 0.29) is 18.9 Å². The lowest BCUT2D eigenvalue weighted by atomic mass is 9.97. The van der Waals surface area contributed by atoms with Gasteiger partial charge in [-0.2, -0.15) is 0 Å². The van der Waals surface area contributed by atoms with Crippen molar-refractivity contribution in [1.82, 2.24) is 5.32 Å². The van der Waals surface area contributed by atoms with Gasteiger partial charge in [-0.15, -0.1) is 0 Å². The molecule has 0 bridgehead atoms. The maximum atomic E-state index is 13.3. The SMILES string of the molecule is CC/C=C\C/C=C\C/C=C\C/C=C\CCCCCCCCC(=O)NC(COC1OC(CO)C(OC2OC(CO)C(O)C(O)C2O)C(O)C1O)C(O)/C=C/CC/C=C/CC/C=C/CCCCCCCCCCCCCCCCCCCC. The predicted octanol–water partition coefficient (Wildman–Crippen LogP) is 12.1. The third-order valence-corrected chi connectivity index (χ3v) is 15.3. The molecule has 0 saturated carbocycles. The third kappa shape index (κ3) is 36.6. The largest absolute Gasteiger partial charge is 0.394 e. The number of nitrogens with one attached hydrogen (secondary N) is 1. The number of rotatable bonds is 51. The van der Waals surface area contributed by atoms with Crippen LogP contribution in [0, 0.1) is 0 Å². The first kappa shape index (κ1) is 74.3. The molecule has 0 spiro atoms. The third-order valence-electron chi connectivity index (χ3n) is 15.3. The van der Waals surface area contributed by atoms with Crippen molar-refractivity contribution >= 4 is 5.91 Å². The summed E-state index contributed by atoms with van der Waals surface area (Å²) >= 11 is 0. The van der Waals surface area contributed by atoms with Gasteiger partial charge in [0.15, 0.2) is 12.6 Å². The average molecular weight is 1140 g/mol. The highest BCUT2D eigenvalue weighted by Gasteiger charge is 2.51. The number of unbranched alkanes of at least 4 members (excludes halogenated alkanes) is 26. The number of hydrogen-bond donors (Lipinski definition) is 9. The van der Waals surface area contributed by atoms with E-state index >= 15 is 0 Å². The van der Waals surface area contributed by atoms with Crippen molar-refractivity contribution < 1.29 is 64.6 Å². The van der Waals surface area contributed by atoms with Gasteiger partial charge in [0, 0.05) is 6.42 Å². The van der Waals surface area contributed by atoms with Gasteiger partial charge < -0.3 is 65.1 Å². The van der Waals surface area contributed by atoms with Crippen molar-refractivity contribution in [3.8, 4) is 0 Å². The van der Waals surface area contributed by atoms with Crippen LogP contribution >= 0.6 is 0 Å². The summed E-state index contributed by atoms with van der Waals surface area (Å²) in [5.74, 6) is -0.269. The van der Waals surface area contributed by atoms with E-state index in [0.29, 0.717) is 12.8 Å². The van der Waals surface area contributed by atoms with E-state index in [1.165, 1.54) is 116 Å². The summed E-state index contributed by atoms with van der Waals surface area (Å²) in [5, 5.41) is 87.2. The van der Waals surface area contributed by atoms with E-state index in [1.807, 2.05) is 6.08 Å². The van der Waals surface area contributed by atoms with Crippen LogP contribution in [-0.4, -0.2) is 140 Å². The highest BCUT2D eigenvalue weighted by Crippen LogP contribution is 2.30. The van der Waals surface area contributed by atoms with Gasteiger partial charge in [0.25, 0.3) is 0 Å². The number of amides is 1. The molecule has 0 radical (unpaired) electrons. The summed E-state index contributed by atoms with van der Waals surface area (Å²) in [6.45, 7) is 2.66. The molecule has 2 rings (SSSR count). The van der Waals surface area contributed by atoms with Crippen LogP contribution in [0.2, 0.25) is 0 Å². The monoisotopic (exact) mass is 1140 g/mol. The maximum absolute atomic E-state index is 13.3. The van der Waals surface area contributed by atoms with Crippen LogP contribution in [0.1, 0.15) is 239 Å². The molecule has 2 aliphatic rings. The normalized spacial score (nSPS) is 24.7. The Morgan fingerprint density at radius 1 is 0.457 bits per heavy atom. The summed E-state index contributed by atoms with van der Waals surface area (Å²) in [7, 11) is 0. The minimum atomic E-state index is -1.80. The van der Waals surface area contributed by atoms with Gasteiger partial charge in [0.1, 0.15) is 48.8 Å². The molecule has 14 heteroatoms. The molecule has 12 atom stereocenters. The first-order valence-electron chi connectivity index (χ1n) is 32.3. The summed E-state index contributed by atoms with van der Waals surface area (Å²) in [4.78, 5) is 13.3. The molecule has 1 amide bonds. The molecule has 0 aromatic heterocycles. The topological polar surface area (TPSA) is 228 Å². The van der Waals surface area contributed by atoms with E-state index in [1.54, 1.807) is 6.08 Å². The Hall–Kier alpha value is -2.83. The maximum Gasteiger partial charge on any atom is 0.220 e. The number of carbonyl (C=O) groups excluding carboxylic acids is 1. The van der Waals surface area contributed by atoms with Gasteiger partial charge in [0.05, 0.1) is 32.0 Å². The van der Waals surface area contributed by atoms with E-state index in [0.717, 1.165) is 89.9 Å². The van der Waals surface area contributed by atoms with Gasteiger partial charge in [-0.3, -0.25) is 4.79 Å². The van der Waals surface area contributed by atoms with Crippen LogP contribution in [0.3, 0.4) is 0 Å². The van der Waals surface area contributed by atoms with Crippen LogP contribution in [-0.2, 0) is 23.7 Å². The minimum absolute atomic E-state index is 0.249. The van der Waals surface area contributed by atoms with E-state index < -0.39 is 86.8 Å². The Balaban J connectivity index is 1.75. The van der Waals surface area contributed by atoms with Crippen LogP contribution < -0.4 is 5.32 Å². The second kappa shape index (κ2) is 51.6. The number of ether oxygens (including phenoxy) is 4. The number of aliphatic hydroxyl groups excluding tert-OH is 8. The Morgan fingerprint density at radius 3 is 1.36 bits per heavy atom. The molecule has 2 aliphatic heterocycles. The molecule has 468 valence electrons. The van der Waals surface area contributed by atoms with Crippen LogP contribution in [0.15, 0.2) is 85.1 Å². The lowest BCUT2D eigenvalue weighted by molar-refractivity contribution is -0.359. The molecule has 2 heterocycles. The van der Waals surface area contributed by atoms with Crippen LogP contribution in [0.4, 0.5) is 0 Å². The van der Waals surface area contributed by atoms with Crippen molar-refractivity contribution in [2.24, 2.45) is 0 Å². The van der Waals surface area contributed by atoms with E-state index in [2.05, 4.69) is 92.1 Å². The summed E-state index contributed by atoms with van der Waals surface area (Å²) in [5.41, 5.74) is 0. The quantitative estimate of drug-likeness (QED) is 0.0204. The van der Waals surface area contributed by atoms with Gasteiger partial charge >= 0.3 is 0 Å². The molecule has 0 aliphatic carbocycles. The number of allylic oxidation sites excluding steroid dienone is 13. The molecule has 0 aromatic rings. The lowest BCUT2D eigenvalue weighted by Crippen LogP contribution is -2.65. The Kier molecular flexibility index (Phi) is 47.3. The Bertz CT molecular complexity index is 1680. The van der Waals surface area contributed by atoms with Gasteiger partial charge in [-0.05, 0) is 83.5 Å². The van der Waals surface area contributed by atoms with Gasteiger partial charge in [0.2, 0.25) is 5.91 Å². The Morgan fingerprint density at radius 2 is 0.864 bits per heavy atom. The van der Waals surface area contributed by atoms with Gasteiger partial charge in [-0.1, -0.05) is 234 Å². The van der Waals surface area contributed by atoms with Crippen LogP contribution in [0.5, 0.6) is 0 Å². The summed E-state index contributed by atoms with van der Waals surface area (Å²) in [6, 6.07) is -0.952. The Labute approximate surface area is 491 Å². The molecule has 12 unspecified atom stereocenters. The zero-order valence-corrected chi connectivity index (χ0v) is 50.5. The molecule has 0 aromatic carbocycles. The van der Waals surface area contributed by atoms with Gasteiger partial charge in [-0.25, -0.2) is 0 Å². The number of hydrogen-bond acceptors (Lipinski definition) is 13. The second-order valence-corrected chi connectivity index (χ2v) is 22.5. The van der Waals surface area contributed by atoms with Crippen molar-refractivity contribution in [1.29, 1.82) is 0 Å². The highest BCUT2D eigenvalue weighted by molar-refractivity contribution is 5.76. The first-order chi connectivity index (χ1) is 39.6. The molecule has 9 N–H and O–H groups in total. The fourth-order valence-electron chi connectivity index (χ4n) is 10.1. The smallest absolute Gasteiger partial charge is 0.220 e. The molecule has 2 saturated heterocycles. The zero-order chi connectivity index (χ0) is 58.8. The molecule has 14 nitrogen and oxygen atoms in total. The zero-order valence-electron chi connectivity index (χ0n) is 50.5. The average Bonchev–Trinajstić information content (AvgIpc) is 3.63. The van der Waals surface area contributed by atoms with E-state index in [4.69, 9.17) is 18.9 Å². The molecule has 81 heavy (non-hydrogen) atoms. The minimum Gasteiger partial charge on any atom is -0.394 e. The standard InChI is InChI=1S/C67H117NO13/c1-3-5-7-9-11-13-15-17-19-21-23-24-25-26-27-28-29-30-31-33-34-36-38-40-42-44-46-48-50-56(71)55(68-59(72)51-49-47-45-43-41-39-37-35-32-22-20-18-16-14-12-10-8-6-4-2)54-78-66-64(77)62(75)65(58(53-70)80-66)81-67-63(76)61(74)60(73)57(52-69)79-67/h6,8,12,14,18,20,32-35,40,42,48,50,55-58,60-67,69-71,73-77H,3-5,7,9-11,13,15-17,19,21-31,36-39,41,43-47,49,51-54H2,1-2H3,(H,68,72)/b8-6-,14-12-,20-18-,34-33+,35-32-,42-40+,50-48+. The van der Waals surface area contributed by atoms with Crippen molar-refractivity contribution in [3.63, 3.8) is 0 Å². The highest BCUT2D eigenvalue weighted by atomic mass is 16.7. The fraction of sp³-hybridized carbons (Fsp3) is 0.776. The van der Waals surface area contributed by atoms with Crippen LogP contribution in [0.25, 0.3) is 0 Å².